The fourth-order valence-electron chi connectivity index (χ4n) is 2.27. The Morgan fingerprint density at radius 2 is 1.75 bits per heavy atom. The van der Waals surface area contributed by atoms with Crippen LogP contribution in [0.2, 0.25) is 0 Å². The molecular weight excluding hydrogens is 248 g/mol. The number of carbonyl (C=O) groups is 1. The molecule has 0 saturated heterocycles. The second kappa shape index (κ2) is 6.90. The van der Waals surface area contributed by atoms with Crippen LogP contribution in [-0.2, 0) is 12.8 Å². The van der Waals surface area contributed by atoms with Crippen molar-refractivity contribution < 1.29 is 9.53 Å². The standard InChI is InChI=1S/C18H20O2/c1-3-6-14-9-11-15(12-10-14)17(19)13-16-7-4-5-8-18(16)20-2/h4-5,7-12H,3,6,13H2,1-2H3. The lowest BCUT2D eigenvalue weighted by Crippen LogP contribution is -2.05. The second-order valence-electron chi connectivity index (χ2n) is 4.86. The van der Waals surface area contributed by atoms with Crippen molar-refractivity contribution in [1.82, 2.24) is 0 Å². The monoisotopic (exact) mass is 268 g/mol. The number of hydrogen-bond donors (Lipinski definition) is 0. The Kier molecular flexibility index (Phi) is 4.94. The normalized spacial score (nSPS) is 10.3. The molecule has 2 rings (SSSR count). The van der Waals surface area contributed by atoms with Crippen molar-refractivity contribution in [3.63, 3.8) is 0 Å². The number of ether oxygens (including phenoxy) is 1. The summed E-state index contributed by atoms with van der Waals surface area (Å²) >= 11 is 0. The average Bonchev–Trinajstić information content (AvgIpc) is 2.49. The number of ketones is 1. The van der Waals surface area contributed by atoms with Crippen LogP contribution in [0.15, 0.2) is 48.5 Å². The van der Waals surface area contributed by atoms with Crippen LogP contribution in [0.25, 0.3) is 0 Å². The fraction of sp³-hybridized carbons (Fsp3) is 0.278. The van der Waals surface area contributed by atoms with Crippen LogP contribution in [0, 0.1) is 0 Å². The van der Waals surface area contributed by atoms with Gasteiger partial charge in [0.2, 0.25) is 0 Å². The lowest BCUT2D eigenvalue weighted by molar-refractivity contribution is 0.0992. The van der Waals surface area contributed by atoms with Crippen LogP contribution in [-0.4, -0.2) is 12.9 Å². The van der Waals surface area contributed by atoms with Gasteiger partial charge in [-0.15, -0.1) is 0 Å². The van der Waals surface area contributed by atoms with Gasteiger partial charge in [-0.05, 0) is 18.1 Å². The summed E-state index contributed by atoms with van der Waals surface area (Å²) in [6, 6.07) is 15.6. The summed E-state index contributed by atoms with van der Waals surface area (Å²) < 4.78 is 5.28. The second-order valence-corrected chi connectivity index (χ2v) is 4.86. The molecule has 104 valence electrons. The van der Waals surface area contributed by atoms with Gasteiger partial charge in [0.15, 0.2) is 5.78 Å². The molecule has 2 heteroatoms. The molecule has 0 aliphatic carbocycles. The number of methoxy groups -OCH3 is 1. The van der Waals surface area contributed by atoms with Crippen molar-refractivity contribution >= 4 is 5.78 Å². The highest BCUT2D eigenvalue weighted by atomic mass is 16.5. The molecule has 0 fully saturated rings. The minimum Gasteiger partial charge on any atom is -0.496 e. The molecule has 0 amide bonds. The first-order chi connectivity index (χ1) is 9.74. The van der Waals surface area contributed by atoms with E-state index >= 15 is 0 Å². The third-order valence-corrected chi connectivity index (χ3v) is 3.36. The third kappa shape index (κ3) is 3.47. The van der Waals surface area contributed by atoms with Gasteiger partial charge < -0.3 is 4.74 Å². The Labute approximate surface area is 120 Å². The van der Waals surface area contributed by atoms with E-state index in [0.29, 0.717) is 6.42 Å². The zero-order chi connectivity index (χ0) is 14.4. The van der Waals surface area contributed by atoms with Crippen molar-refractivity contribution in [2.45, 2.75) is 26.2 Å². The predicted octanol–water partition coefficient (Wildman–Crippen LogP) is 4.07. The van der Waals surface area contributed by atoms with Crippen molar-refractivity contribution in [2.75, 3.05) is 7.11 Å². The number of rotatable bonds is 6. The number of Topliss-reactive ketones (excluding diaryl/α,β-unsaturated/α-hetero) is 1. The zero-order valence-corrected chi connectivity index (χ0v) is 12.1. The Hall–Kier alpha value is -2.09. The molecule has 0 aromatic heterocycles. The highest BCUT2D eigenvalue weighted by Gasteiger charge is 2.10. The van der Waals surface area contributed by atoms with Crippen LogP contribution < -0.4 is 4.74 Å². The van der Waals surface area contributed by atoms with Crippen LogP contribution >= 0.6 is 0 Å². The Bertz CT molecular complexity index is 570. The molecule has 0 N–H and O–H groups in total. The first-order valence-electron chi connectivity index (χ1n) is 6.98. The van der Waals surface area contributed by atoms with Crippen molar-refractivity contribution in [1.29, 1.82) is 0 Å². The highest BCUT2D eigenvalue weighted by Crippen LogP contribution is 2.19. The van der Waals surface area contributed by atoms with Crippen molar-refractivity contribution in [2.24, 2.45) is 0 Å². The van der Waals surface area contributed by atoms with Crippen molar-refractivity contribution in [3.05, 3.63) is 65.2 Å². The van der Waals surface area contributed by atoms with Gasteiger partial charge in [-0.2, -0.15) is 0 Å². The van der Waals surface area contributed by atoms with E-state index in [9.17, 15) is 4.79 Å². The number of aryl methyl sites for hydroxylation is 1. The summed E-state index contributed by atoms with van der Waals surface area (Å²) in [5.41, 5.74) is 2.97. The summed E-state index contributed by atoms with van der Waals surface area (Å²) in [6.07, 6.45) is 2.55. The zero-order valence-electron chi connectivity index (χ0n) is 12.1. The van der Waals surface area contributed by atoms with E-state index in [1.807, 2.05) is 48.5 Å². The third-order valence-electron chi connectivity index (χ3n) is 3.36. The molecule has 20 heavy (non-hydrogen) atoms. The van der Waals surface area contributed by atoms with E-state index in [1.54, 1.807) is 7.11 Å². The molecule has 2 aromatic rings. The molecule has 0 unspecified atom stereocenters. The maximum absolute atomic E-state index is 12.3. The maximum Gasteiger partial charge on any atom is 0.167 e. The van der Waals surface area contributed by atoms with Gasteiger partial charge in [0, 0.05) is 17.5 Å². The molecule has 0 heterocycles. The van der Waals surface area contributed by atoms with E-state index in [4.69, 9.17) is 4.74 Å². The Balaban J connectivity index is 2.11. The van der Waals surface area contributed by atoms with E-state index in [0.717, 1.165) is 29.7 Å². The number of hydrogen-bond acceptors (Lipinski definition) is 2. The highest BCUT2D eigenvalue weighted by molar-refractivity contribution is 5.97. The van der Waals surface area contributed by atoms with E-state index in [-0.39, 0.29) is 5.78 Å². The predicted molar refractivity (Wildman–Crippen MR) is 81.5 cm³/mol. The molecule has 0 spiro atoms. The smallest absolute Gasteiger partial charge is 0.167 e. The SMILES string of the molecule is CCCc1ccc(C(=O)Cc2ccccc2OC)cc1. The summed E-state index contributed by atoms with van der Waals surface area (Å²) in [5, 5.41) is 0. The maximum atomic E-state index is 12.3. The molecular formula is C18H20O2. The number of carbonyl (C=O) groups excluding carboxylic acids is 1. The largest absolute Gasteiger partial charge is 0.496 e. The summed E-state index contributed by atoms with van der Waals surface area (Å²) in [6.45, 7) is 2.15. The molecule has 0 radical (unpaired) electrons. The molecule has 0 aliphatic rings. The van der Waals surface area contributed by atoms with E-state index in [2.05, 4.69) is 6.92 Å². The van der Waals surface area contributed by atoms with Gasteiger partial charge in [0.25, 0.3) is 0 Å². The first kappa shape index (κ1) is 14.3. The van der Waals surface area contributed by atoms with E-state index in [1.165, 1.54) is 5.56 Å². The Morgan fingerprint density at radius 1 is 1.05 bits per heavy atom. The fourth-order valence-corrected chi connectivity index (χ4v) is 2.27. The topological polar surface area (TPSA) is 26.3 Å². The van der Waals surface area contributed by atoms with Gasteiger partial charge in [-0.25, -0.2) is 0 Å². The summed E-state index contributed by atoms with van der Waals surface area (Å²) in [5.74, 6) is 0.890. The van der Waals surface area contributed by atoms with Crippen molar-refractivity contribution in [3.8, 4) is 5.75 Å². The van der Waals surface area contributed by atoms with Crippen LogP contribution in [0.5, 0.6) is 5.75 Å². The van der Waals surface area contributed by atoms with Gasteiger partial charge in [0.1, 0.15) is 5.75 Å². The molecule has 0 atom stereocenters. The molecule has 2 nitrogen and oxygen atoms in total. The van der Waals surface area contributed by atoms with E-state index < -0.39 is 0 Å². The first-order valence-corrected chi connectivity index (χ1v) is 6.98. The number of para-hydroxylation sites is 1. The minimum atomic E-state index is 0.123. The van der Waals surface area contributed by atoms with Gasteiger partial charge in [0.05, 0.1) is 7.11 Å². The molecule has 0 bridgehead atoms. The average molecular weight is 268 g/mol. The van der Waals surface area contributed by atoms with Crippen LogP contribution in [0.4, 0.5) is 0 Å². The lowest BCUT2D eigenvalue weighted by Gasteiger charge is -2.08. The molecule has 0 saturated carbocycles. The Morgan fingerprint density at radius 3 is 2.40 bits per heavy atom. The van der Waals surface area contributed by atoms with Gasteiger partial charge in [-0.3, -0.25) is 4.79 Å². The molecule has 2 aromatic carbocycles. The summed E-state index contributed by atoms with van der Waals surface area (Å²) in [4.78, 5) is 12.3. The van der Waals surface area contributed by atoms with Gasteiger partial charge in [-0.1, -0.05) is 55.8 Å². The molecule has 0 aliphatic heterocycles. The van der Waals surface area contributed by atoms with Crippen LogP contribution in [0.3, 0.4) is 0 Å². The van der Waals surface area contributed by atoms with Crippen LogP contribution in [0.1, 0.15) is 34.8 Å². The quantitative estimate of drug-likeness (QED) is 0.738. The van der Waals surface area contributed by atoms with Gasteiger partial charge >= 0.3 is 0 Å². The minimum absolute atomic E-state index is 0.123. The summed E-state index contributed by atoms with van der Waals surface area (Å²) in [7, 11) is 1.63. The lowest BCUT2D eigenvalue weighted by atomic mass is 10.0. The number of benzene rings is 2.